The van der Waals surface area contributed by atoms with E-state index in [1.165, 1.54) is 0 Å². The summed E-state index contributed by atoms with van der Waals surface area (Å²) in [6.07, 6.45) is 1.61. The van der Waals surface area contributed by atoms with Crippen LogP contribution in [0.4, 0.5) is 5.69 Å². The number of carbonyl (C=O) groups excluding carboxylic acids is 2. The number of benzene rings is 3. The van der Waals surface area contributed by atoms with Crippen LogP contribution in [-0.2, 0) is 11.3 Å². The summed E-state index contributed by atoms with van der Waals surface area (Å²) in [7, 11) is 3.13. The fourth-order valence-corrected chi connectivity index (χ4v) is 3.61. The van der Waals surface area contributed by atoms with E-state index in [9.17, 15) is 9.59 Å². The Balaban J connectivity index is 1.46. The molecule has 8 nitrogen and oxygen atoms in total. The van der Waals surface area contributed by atoms with Gasteiger partial charge in [0.15, 0.2) is 23.0 Å². The number of carbonyl (C=O) groups is 2. The van der Waals surface area contributed by atoms with Gasteiger partial charge in [-0.25, -0.2) is 0 Å². The van der Waals surface area contributed by atoms with E-state index >= 15 is 0 Å². The van der Waals surface area contributed by atoms with Crippen molar-refractivity contribution in [2.75, 3.05) is 26.1 Å². The van der Waals surface area contributed by atoms with Gasteiger partial charge in [0.05, 0.1) is 26.5 Å². The Morgan fingerprint density at radius 2 is 1.80 bits per heavy atom. The normalized spacial score (nSPS) is 13.3. The van der Waals surface area contributed by atoms with E-state index in [-0.39, 0.29) is 11.7 Å². The van der Waals surface area contributed by atoms with Crippen LogP contribution in [0.3, 0.4) is 0 Å². The summed E-state index contributed by atoms with van der Waals surface area (Å²) in [6.45, 7) is 2.73. The quantitative estimate of drug-likeness (QED) is 0.470. The molecule has 0 bridgehead atoms. The number of hydrogen-bond acceptors (Lipinski definition) is 6. The van der Waals surface area contributed by atoms with E-state index in [1.54, 1.807) is 44.6 Å². The van der Waals surface area contributed by atoms with Gasteiger partial charge in [-0.3, -0.25) is 9.59 Å². The van der Waals surface area contributed by atoms with Crippen LogP contribution in [-0.4, -0.2) is 32.6 Å². The number of nitrogens with one attached hydrogen (secondary N) is 2. The maximum Gasteiger partial charge on any atom is 0.291 e. The first-order valence-corrected chi connectivity index (χ1v) is 11.1. The molecule has 0 saturated heterocycles. The molecule has 0 saturated carbocycles. The van der Waals surface area contributed by atoms with Crippen molar-refractivity contribution in [1.82, 2.24) is 5.32 Å². The molecule has 0 radical (unpaired) electrons. The zero-order valence-electron chi connectivity index (χ0n) is 19.7. The Labute approximate surface area is 203 Å². The minimum atomic E-state index is -0.414. The van der Waals surface area contributed by atoms with Gasteiger partial charge >= 0.3 is 0 Å². The van der Waals surface area contributed by atoms with Gasteiger partial charge in [-0.1, -0.05) is 24.3 Å². The highest BCUT2D eigenvalue weighted by atomic mass is 16.5. The third-order valence-corrected chi connectivity index (χ3v) is 5.34. The first kappa shape index (κ1) is 23.7. The zero-order chi connectivity index (χ0) is 24.8. The van der Waals surface area contributed by atoms with Crippen molar-refractivity contribution < 1.29 is 28.5 Å². The second-order valence-corrected chi connectivity index (χ2v) is 7.62. The lowest BCUT2D eigenvalue weighted by Gasteiger charge is -2.21. The van der Waals surface area contributed by atoms with Crippen molar-refractivity contribution in [3.8, 4) is 23.0 Å². The predicted molar refractivity (Wildman–Crippen MR) is 132 cm³/mol. The molecule has 0 fully saturated rings. The maximum atomic E-state index is 12.7. The summed E-state index contributed by atoms with van der Waals surface area (Å²) in [5.74, 6) is 1.74. The second-order valence-electron chi connectivity index (χ2n) is 7.62. The topological polar surface area (TPSA) is 95.1 Å². The Hall–Kier alpha value is -4.46. The number of ether oxygens (including phenoxy) is 4. The van der Waals surface area contributed by atoms with Crippen molar-refractivity contribution in [3.05, 3.63) is 83.1 Å². The van der Waals surface area contributed by atoms with Gasteiger partial charge in [0.25, 0.3) is 11.8 Å². The SMILES string of the molecule is CCOc1ccc(CNC(=O)c2ccc3c(c2)NC(=O)/C(=C/c2ccccc2OC)O3)cc1OC. The van der Waals surface area contributed by atoms with Gasteiger partial charge < -0.3 is 29.6 Å². The van der Waals surface area contributed by atoms with Crippen LogP contribution in [0.1, 0.15) is 28.4 Å². The Morgan fingerprint density at radius 1 is 1.00 bits per heavy atom. The second kappa shape index (κ2) is 10.6. The van der Waals surface area contributed by atoms with Crippen LogP contribution < -0.4 is 29.6 Å². The number of hydrogen-bond donors (Lipinski definition) is 2. The van der Waals surface area contributed by atoms with Crippen LogP contribution >= 0.6 is 0 Å². The average Bonchev–Trinajstić information content (AvgIpc) is 2.88. The Morgan fingerprint density at radius 3 is 2.57 bits per heavy atom. The molecule has 4 rings (SSSR count). The molecule has 35 heavy (non-hydrogen) atoms. The lowest BCUT2D eigenvalue weighted by Crippen LogP contribution is -2.25. The molecule has 0 unspecified atom stereocenters. The predicted octanol–water partition coefficient (Wildman–Crippen LogP) is 4.40. The van der Waals surface area contributed by atoms with Crippen molar-refractivity contribution in [1.29, 1.82) is 0 Å². The van der Waals surface area contributed by atoms with E-state index in [0.717, 1.165) is 5.56 Å². The van der Waals surface area contributed by atoms with Crippen LogP contribution in [0.25, 0.3) is 6.08 Å². The average molecular weight is 475 g/mol. The molecule has 0 aromatic heterocycles. The summed E-state index contributed by atoms with van der Waals surface area (Å²) in [6, 6.07) is 17.7. The number of anilines is 1. The molecule has 180 valence electrons. The molecular weight excluding hydrogens is 448 g/mol. The fraction of sp³-hybridized carbons (Fsp3) is 0.185. The van der Waals surface area contributed by atoms with Gasteiger partial charge in [-0.05, 0) is 55.0 Å². The molecular formula is C27H26N2O6. The van der Waals surface area contributed by atoms with Crippen LogP contribution in [0.5, 0.6) is 23.0 Å². The summed E-state index contributed by atoms with van der Waals surface area (Å²) in [4.78, 5) is 25.4. The summed E-state index contributed by atoms with van der Waals surface area (Å²) in [5.41, 5.74) is 2.38. The van der Waals surface area contributed by atoms with Gasteiger partial charge in [0, 0.05) is 17.7 Å². The van der Waals surface area contributed by atoms with Gasteiger partial charge in [-0.15, -0.1) is 0 Å². The highest BCUT2D eigenvalue weighted by Gasteiger charge is 2.23. The number of para-hydroxylation sites is 1. The molecule has 3 aromatic carbocycles. The van der Waals surface area contributed by atoms with E-state index < -0.39 is 5.91 Å². The third-order valence-electron chi connectivity index (χ3n) is 5.34. The molecule has 0 aliphatic carbocycles. The molecule has 1 aliphatic heterocycles. The Kier molecular flexibility index (Phi) is 7.21. The molecule has 2 amide bonds. The zero-order valence-corrected chi connectivity index (χ0v) is 19.7. The van der Waals surface area contributed by atoms with Crippen molar-refractivity contribution in [3.63, 3.8) is 0 Å². The maximum absolute atomic E-state index is 12.7. The van der Waals surface area contributed by atoms with Gasteiger partial charge in [-0.2, -0.15) is 0 Å². The van der Waals surface area contributed by atoms with Crippen LogP contribution in [0.15, 0.2) is 66.4 Å². The molecule has 3 aromatic rings. The molecule has 8 heteroatoms. The van der Waals surface area contributed by atoms with Gasteiger partial charge in [0.1, 0.15) is 5.75 Å². The lowest BCUT2D eigenvalue weighted by molar-refractivity contribution is -0.115. The summed E-state index contributed by atoms with van der Waals surface area (Å²) in [5, 5.41) is 5.66. The minimum absolute atomic E-state index is 0.128. The Bertz CT molecular complexity index is 1280. The van der Waals surface area contributed by atoms with Crippen molar-refractivity contribution in [2.24, 2.45) is 0 Å². The first-order valence-electron chi connectivity index (χ1n) is 11.1. The number of fused-ring (bicyclic) bond motifs is 1. The van der Waals surface area contributed by atoms with E-state index in [4.69, 9.17) is 18.9 Å². The number of rotatable bonds is 8. The van der Waals surface area contributed by atoms with Crippen LogP contribution in [0, 0.1) is 0 Å². The van der Waals surface area contributed by atoms with E-state index in [1.807, 2.05) is 43.3 Å². The van der Waals surface area contributed by atoms with E-state index in [0.29, 0.717) is 53.0 Å². The highest BCUT2D eigenvalue weighted by molar-refractivity contribution is 6.09. The highest BCUT2D eigenvalue weighted by Crippen LogP contribution is 2.33. The van der Waals surface area contributed by atoms with Gasteiger partial charge in [0.2, 0.25) is 0 Å². The fourth-order valence-electron chi connectivity index (χ4n) is 3.61. The third kappa shape index (κ3) is 5.38. The largest absolute Gasteiger partial charge is 0.496 e. The molecule has 1 heterocycles. The van der Waals surface area contributed by atoms with E-state index in [2.05, 4.69) is 10.6 Å². The lowest BCUT2D eigenvalue weighted by atomic mass is 10.1. The number of amides is 2. The summed E-state index contributed by atoms with van der Waals surface area (Å²) < 4.78 is 22.0. The molecule has 0 atom stereocenters. The molecule has 1 aliphatic rings. The smallest absolute Gasteiger partial charge is 0.291 e. The molecule has 0 spiro atoms. The number of methoxy groups -OCH3 is 2. The van der Waals surface area contributed by atoms with Crippen molar-refractivity contribution >= 4 is 23.6 Å². The first-order chi connectivity index (χ1) is 17.0. The van der Waals surface area contributed by atoms with Crippen molar-refractivity contribution in [2.45, 2.75) is 13.5 Å². The minimum Gasteiger partial charge on any atom is -0.496 e. The monoisotopic (exact) mass is 474 g/mol. The summed E-state index contributed by atoms with van der Waals surface area (Å²) >= 11 is 0. The van der Waals surface area contributed by atoms with Crippen LogP contribution in [0.2, 0.25) is 0 Å². The standard InChI is InChI=1S/C27H26N2O6/c1-4-34-23-11-9-17(13-24(23)33-3)16-28-26(30)19-10-12-22-20(14-19)29-27(31)25(35-22)15-18-7-5-6-8-21(18)32-2/h5-15H,4,16H2,1-3H3,(H,28,30)(H,29,31)/b25-15-. The molecule has 2 N–H and O–H groups in total.